The molecule has 0 saturated carbocycles. The number of aromatic hydroxyl groups is 2. The van der Waals surface area contributed by atoms with E-state index < -0.39 is 36.9 Å². The fraction of sp³-hybridized carbons (Fsp3) is 0.385. The van der Waals surface area contributed by atoms with Crippen LogP contribution in [0.5, 0.6) is 11.5 Å². The van der Waals surface area contributed by atoms with Gasteiger partial charge in [0.25, 0.3) is 5.91 Å². The quantitative estimate of drug-likeness (QED) is 0.486. The van der Waals surface area contributed by atoms with E-state index in [0.717, 1.165) is 18.2 Å². The van der Waals surface area contributed by atoms with Crippen LogP contribution in [0.2, 0.25) is 0 Å². The second kappa shape index (κ2) is 5.66. The molecule has 7 heteroatoms. The van der Waals surface area contributed by atoms with Crippen molar-refractivity contribution in [1.82, 2.24) is 5.32 Å². The first-order chi connectivity index (χ1) is 9.42. The number of rotatable bonds is 3. The summed E-state index contributed by atoms with van der Waals surface area (Å²) in [5.74, 6) is -1.18. The van der Waals surface area contributed by atoms with E-state index in [1.807, 2.05) is 0 Å². The Kier molecular flexibility index (Phi) is 4.12. The van der Waals surface area contributed by atoms with E-state index >= 15 is 0 Å². The maximum Gasteiger partial charge on any atom is 0.251 e. The van der Waals surface area contributed by atoms with Crippen molar-refractivity contribution in [2.75, 3.05) is 6.61 Å². The zero-order valence-electron chi connectivity index (χ0n) is 10.4. The number of carbonyl (C=O) groups excluding carboxylic acids is 1. The summed E-state index contributed by atoms with van der Waals surface area (Å²) in [6, 6.07) is 2.50. The second-order valence-electron chi connectivity index (χ2n) is 4.55. The smallest absolute Gasteiger partial charge is 0.251 e. The molecule has 108 valence electrons. The highest BCUT2D eigenvalue weighted by Gasteiger charge is 2.42. The predicted octanol–water partition coefficient (Wildman–Crippen LogP) is -0.972. The van der Waals surface area contributed by atoms with Gasteiger partial charge < -0.3 is 30.5 Å². The minimum absolute atomic E-state index is 0.00866. The summed E-state index contributed by atoms with van der Waals surface area (Å²) in [6.07, 6.45) is -2.98. The van der Waals surface area contributed by atoms with Crippen molar-refractivity contribution in [3.05, 3.63) is 30.7 Å². The van der Waals surface area contributed by atoms with Crippen LogP contribution >= 0.6 is 0 Å². The van der Waals surface area contributed by atoms with E-state index in [9.17, 15) is 20.1 Å². The van der Waals surface area contributed by atoms with Crippen LogP contribution in [-0.4, -0.2) is 57.3 Å². The number of amides is 1. The lowest BCUT2D eigenvalue weighted by molar-refractivity contribution is -0.0114. The number of phenols is 2. The molecule has 1 amide bonds. The van der Waals surface area contributed by atoms with Crippen molar-refractivity contribution in [2.24, 2.45) is 0 Å². The van der Waals surface area contributed by atoms with E-state index in [4.69, 9.17) is 16.8 Å². The van der Waals surface area contributed by atoms with Gasteiger partial charge in [0.1, 0.15) is 23.7 Å². The van der Waals surface area contributed by atoms with Gasteiger partial charge in [0.05, 0.1) is 18.8 Å². The molecule has 1 aromatic rings. The summed E-state index contributed by atoms with van der Waals surface area (Å²) in [4.78, 5) is 12.0. The second-order valence-corrected chi connectivity index (χ2v) is 4.55. The first-order valence-corrected chi connectivity index (χ1v) is 5.96. The topological polar surface area (TPSA) is 119 Å². The van der Waals surface area contributed by atoms with Crippen molar-refractivity contribution in [2.45, 2.75) is 24.4 Å². The van der Waals surface area contributed by atoms with Crippen LogP contribution in [0.15, 0.2) is 18.2 Å². The van der Waals surface area contributed by atoms with E-state index in [0.29, 0.717) is 0 Å². The van der Waals surface area contributed by atoms with Gasteiger partial charge in [-0.05, 0) is 19.1 Å². The number of ether oxygens (including phenoxy) is 1. The summed E-state index contributed by atoms with van der Waals surface area (Å²) >= 11 is 0. The maximum atomic E-state index is 12.0. The van der Waals surface area contributed by atoms with Gasteiger partial charge in [-0.25, -0.2) is 0 Å². The molecule has 1 heterocycles. The van der Waals surface area contributed by atoms with Crippen molar-refractivity contribution in [1.29, 1.82) is 0 Å². The van der Waals surface area contributed by atoms with Gasteiger partial charge in [-0.3, -0.25) is 4.79 Å². The Morgan fingerprint density at radius 3 is 2.40 bits per heavy atom. The number of hydrogen-bond donors (Lipinski definition) is 5. The average Bonchev–Trinajstić information content (AvgIpc) is 2.65. The molecule has 1 fully saturated rings. The molecule has 1 aliphatic heterocycles. The molecule has 0 aliphatic carbocycles. The molecule has 7 nitrogen and oxygen atoms in total. The molecule has 20 heavy (non-hydrogen) atoms. The number of phenolic OH excluding ortho intramolecular Hbond substituents is 2. The first-order valence-electron chi connectivity index (χ1n) is 5.96. The standard InChI is InChI=1S/C13H15NO6/c1-6-11(12(18)10(5-15)20-6)14-13(19)7-2-8(16)4-9(17)3-7/h1-4,6,10-12,15-18H,5H2,(H,14,19)/t6-,10+,11?,12-/m0/s1. The third-order valence-corrected chi connectivity index (χ3v) is 3.08. The third kappa shape index (κ3) is 2.84. The number of hydrogen-bond acceptors (Lipinski definition) is 6. The lowest BCUT2D eigenvalue weighted by Gasteiger charge is -2.19. The maximum absolute atomic E-state index is 12.0. The molecule has 1 aliphatic rings. The lowest BCUT2D eigenvalue weighted by atomic mass is 10.0. The highest BCUT2D eigenvalue weighted by atomic mass is 16.5. The van der Waals surface area contributed by atoms with Crippen LogP contribution in [0.1, 0.15) is 10.4 Å². The van der Waals surface area contributed by atoms with Gasteiger partial charge in [0.2, 0.25) is 0 Å². The van der Waals surface area contributed by atoms with E-state index in [1.165, 1.54) is 0 Å². The molecule has 1 aromatic carbocycles. The van der Waals surface area contributed by atoms with Gasteiger partial charge in [-0.1, -0.05) is 0 Å². The zero-order valence-corrected chi connectivity index (χ0v) is 10.4. The van der Waals surface area contributed by atoms with Gasteiger partial charge in [-0.2, -0.15) is 0 Å². The molecule has 0 aromatic heterocycles. The molecule has 5 N–H and O–H groups in total. The Bertz CT molecular complexity index is 485. The number of nitrogens with one attached hydrogen (secondary N) is 1. The molecular formula is C13H15NO6. The first kappa shape index (κ1) is 14.6. The van der Waals surface area contributed by atoms with Crippen LogP contribution in [0.3, 0.4) is 0 Å². The number of benzene rings is 1. The molecule has 4 atom stereocenters. The molecule has 1 unspecified atom stereocenters. The van der Waals surface area contributed by atoms with Gasteiger partial charge in [-0.15, -0.1) is 0 Å². The fourth-order valence-corrected chi connectivity index (χ4v) is 2.07. The Morgan fingerprint density at radius 2 is 1.90 bits per heavy atom. The summed E-state index contributed by atoms with van der Waals surface area (Å²) in [5.41, 5.74) is 0.00866. The molecular weight excluding hydrogens is 266 g/mol. The lowest BCUT2D eigenvalue weighted by Crippen LogP contribution is -2.47. The number of aliphatic hydroxyl groups excluding tert-OH is 2. The predicted molar refractivity (Wildman–Crippen MR) is 67.1 cm³/mol. The van der Waals surface area contributed by atoms with Crippen LogP contribution in [-0.2, 0) is 4.74 Å². The zero-order chi connectivity index (χ0) is 14.9. The highest BCUT2D eigenvalue weighted by molar-refractivity contribution is 5.95. The molecule has 1 saturated heterocycles. The minimum Gasteiger partial charge on any atom is -0.508 e. The third-order valence-electron chi connectivity index (χ3n) is 3.08. The van der Waals surface area contributed by atoms with Crippen LogP contribution in [0.4, 0.5) is 0 Å². The Hall–Kier alpha value is -1.83. The average molecular weight is 281 g/mol. The van der Waals surface area contributed by atoms with E-state index in [2.05, 4.69) is 5.32 Å². The van der Waals surface area contributed by atoms with Crippen LogP contribution < -0.4 is 5.32 Å². The highest BCUT2D eigenvalue weighted by Crippen LogP contribution is 2.23. The minimum atomic E-state index is -1.15. The van der Waals surface area contributed by atoms with Gasteiger partial charge >= 0.3 is 0 Å². The van der Waals surface area contributed by atoms with Gasteiger partial charge in [0, 0.05) is 11.6 Å². The number of carbonyl (C=O) groups is 1. The summed E-state index contributed by atoms with van der Waals surface area (Å²) < 4.78 is 5.08. The largest absolute Gasteiger partial charge is 0.508 e. The molecule has 0 bridgehead atoms. The Labute approximate surface area is 115 Å². The SMILES string of the molecule is [CH][C@@H]1O[C@H](CO)[C@H](O)C1NC(=O)c1cc(O)cc(O)c1. The van der Waals surface area contributed by atoms with E-state index in [-0.39, 0.29) is 17.1 Å². The van der Waals surface area contributed by atoms with Crippen molar-refractivity contribution >= 4 is 5.91 Å². The van der Waals surface area contributed by atoms with Gasteiger partial charge in [0.15, 0.2) is 0 Å². The van der Waals surface area contributed by atoms with Crippen LogP contribution in [0.25, 0.3) is 0 Å². The van der Waals surface area contributed by atoms with E-state index in [1.54, 1.807) is 0 Å². The fourth-order valence-electron chi connectivity index (χ4n) is 2.07. The summed E-state index contributed by atoms with van der Waals surface area (Å²) in [5, 5.41) is 39.9. The number of aliphatic hydroxyl groups is 2. The van der Waals surface area contributed by atoms with Crippen LogP contribution in [0, 0.1) is 6.92 Å². The van der Waals surface area contributed by atoms with Crippen molar-refractivity contribution in [3.63, 3.8) is 0 Å². The normalized spacial score (nSPS) is 29.4. The summed E-state index contributed by atoms with van der Waals surface area (Å²) in [6.45, 7) is 5.19. The van der Waals surface area contributed by atoms with Crippen molar-refractivity contribution in [3.8, 4) is 11.5 Å². The molecule has 0 spiro atoms. The molecule has 2 rings (SSSR count). The Balaban J connectivity index is 2.11. The van der Waals surface area contributed by atoms with Crippen molar-refractivity contribution < 1.29 is 30.0 Å². The monoisotopic (exact) mass is 281 g/mol. The molecule has 2 radical (unpaired) electrons. The Morgan fingerprint density at radius 1 is 1.30 bits per heavy atom. The summed E-state index contributed by atoms with van der Waals surface area (Å²) in [7, 11) is 0.